The fourth-order valence-electron chi connectivity index (χ4n) is 8.26. The molecule has 0 amide bonds. The maximum atomic E-state index is 11.4. The highest BCUT2D eigenvalue weighted by atomic mass is 16.3. The number of aliphatic hydroxyl groups excluding tert-OH is 4. The Bertz CT molecular complexity index is 699. The van der Waals surface area contributed by atoms with Gasteiger partial charge in [-0.15, -0.1) is 0 Å². The Balaban J connectivity index is 5.53. The third kappa shape index (κ3) is 37.8. The van der Waals surface area contributed by atoms with Gasteiger partial charge in [-0.05, 0) is 31.6 Å². The van der Waals surface area contributed by atoms with Crippen molar-refractivity contribution >= 4 is 0 Å². The third-order valence-corrected chi connectivity index (χ3v) is 12.0. The number of aliphatic hydroxyl groups is 4. The molecule has 55 heavy (non-hydrogen) atoms. The van der Waals surface area contributed by atoms with Gasteiger partial charge < -0.3 is 20.4 Å². The minimum atomic E-state index is -0.469. The Labute approximate surface area is 345 Å². The number of hydrogen-bond donors (Lipinski definition) is 4. The van der Waals surface area contributed by atoms with Crippen LogP contribution in [-0.2, 0) is 0 Å². The summed E-state index contributed by atoms with van der Waals surface area (Å²) in [6.45, 7) is 11.3. The van der Waals surface area contributed by atoms with Crippen LogP contribution in [0.25, 0.3) is 0 Å². The first-order valence-electron chi connectivity index (χ1n) is 25.1. The SMILES string of the molecule is CCCCCCCCCCC(O)CN(CC(O)CCCCCCCCCC)N(CC(O)CCCCCCCCCC)CC(CO)CCCCCCCCCC. The monoisotopic (exact) mass is 783 g/mol. The maximum Gasteiger partial charge on any atom is 0.0681 e. The minimum absolute atomic E-state index is 0.118. The largest absolute Gasteiger partial charge is 0.396 e. The highest BCUT2D eigenvalue weighted by Gasteiger charge is 2.26. The van der Waals surface area contributed by atoms with Gasteiger partial charge in [0.2, 0.25) is 0 Å². The molecule has 0 spiro atoms. The molecule has 0 heterocycles. The summed E-state index contributed by atoms with van der Waals surface area (Å²) in [6.07, 6.45) is 42.1. The van der Waals surface area contributed by atoms with Crippen molar-refractivity contribution in [2.45, 2.75) is 277 Å². The zero-order chi connectivity index (χ0) is 40.5. The van der Waals surface area contributed by atoms with Gasteiger partial charge >= 0.3 is 0 Å². The smallest absolute Gasteiger partial charge is 0.0681 e. The first-order valence-corrected chi connectivity index (χ1v) is 25.1. The Morgan fingerprint density at radius 3 is 0.764 bits per heavy atom. The highest BCUT2D eigenvalue weighted by Crippen LogP contribution is 2.20. The third-order valence-electron chi connectivity index (χ3n) is 12.0. The van der Waals surface area contributed by atoms with Crippen molar-refractivity contribution < 1.29 is 20.4 Å². The number of nitrogens with zero attached hydrogens (tertiary/aromatic N) is 2. The minimum Gasteiger partial charge on any atom is -0.396 e. The van der Waals surface area contributed by atoms with Gasteiger partial charge in [-0.25, -0.2) is 10.0 Å². The second-order valence-electron chi connectivity index (χ2n) is 17.8. The van der Waals surface area contributed by atoms with Crippen LogP contribution in [0.3, 0.4) is 0 Å². The summed E-state index contributed by atoms with van der Waals surface area (Å²) >= 11 is 0. The van der Waals surface area contributed by atoms with Crippen LogP contribution in [-0.4, -0.2) is 81.5 Å². The molecule has 6 heteroatoms. The number of hydrazine groups is 1. The van der Waals surface area contributed by atoms with E-state index in [9.17, 15) is 20.4 Å². The second-order valence-corrected chi connectivity index (χ2v) is 17.8. The predicted molar refractivity (Wildman–Crippen MR) is 241 cm³/mol. The summed E-state index contributed by atoms with van der Waals surface area (Å²) < 4.78 is 0. The predicted octanol–water partition coefficient (Wildman–Crippen LogP) is 13.3. The molecule has 0 aromatic carbocycles. The molecule has 4 unspecified atom stereocenters. The zero-order valence-electron chi connectivity index (χ0n) is 38.0. The fraction of sp³-hybridized carbons (Fsp3) is 1.00. The Morgan fingerprint density at radius 1 is 0.291 bits per heavy atom. The molecule has 4 N–H and O–H groups in total. The van der Waals surface area contributed by atoms with Gasteiger partial charge in [0.05, 0.1) is 18.3 Å². The molecule has 0 aromatic rings. The molecule has 0 bridgehead atoms. The van der Waals surface area contributed by atoms with E-state index >= 15 is 0 Å². The Hall–Kier alpha value is -0.240. The normalized spacial score (nSPS) is 14.3. The summed E-state index contributed by atoms with van der Waals surface area (Å²) in [5.74, 6) is 0.118. The van der Waals surface area contributed by atoms with Gasteiger partial charge in [0, 0.05) is 32.8 Å². The highest BCUT2D eigenvalue weighted by molar-refractivity contribution is 4.75. The van der Waals surface area contributed by atoms with Crippen LogP contribution in [0.15, 0.2) is 0 Å². The van der Waals surface area contributed by atoms with Crippen molar-refractivity contribution in [3.8, 4) is 0 Å². The van der Waals surface area contributed by atoms with Crippen molar-refractivity contribution in [3.63, 3.8) is 0 Å². The van der Waals surface area contributed by atoms with E-state index in [-0.39, 0.29) is 12.5 Å². The second kappa shape index (κ2) is 43.3. The first-order chi connectivity index (χ1) is 26.9. The molecule has 0 aromatic heterocycles. The van der Waals surface area contributed by atoms with Gasteiger partial charge in [-0.3, -0.25) is 0 Å². The van der Waals surface area contributed by atoms with E-state index in [1.165, 1.54) is 167 Å². The average molecular weight is 783 g/mol. The van der Waals surface area contributed by atoms with Crippen molar-refractivity contribution in [1.29, 1.82) is 0 Å². The van der Waals surface area contributed by atoms with E-state index in [4.69, 9.17) is 0 Å². The Morgan fingerprint density at radius 2 is 0.509 bits per heavy atom. The van der Waals surface area contributed by atoms with Crippen LogP contribution < -0.4 is 0 Å². The number of unbranched alkanes of at least 4 members (excludes halogenated alkanes) is 28. The zero-order valence-corrected chi connectivity index (χ0v) is 38.0. The van der Waals surface area contributed by atoms with Gasteiger partial charge in [0.15, 0.2) is 0 Å². The standard InChI is InChI=1S/C49H102N2O4/c1-5-9-13-17-21-25-29-33-37-46(45-52)41-50(42-47(53)38-34-30-26-22-18-14-10-6-2)51(43-48(54)39-35-31-27-23-19-15-11-7-3)44-49(55)40-36-32-28-24-20-16-12-8-4/h46-49,52-55H,5-45H2,1-4H3. The fourth-order valence-corrected chi connectivity index (χ4v) is 8.26. The first kappa shape index (κ1) is 54.8. The molecule has 0 saturated carbocycles. The molecule has 0 radical (unpaired) electrons. The van der Waals surface area contributed by atoms with Crippen LogP contribution in [0.4, 0.5) is 0 Å². The van der Waals surface area contributed by atoms with Crippen molar-refractivity contribution in [2.75, 3.05) is 32.8 Å². The summed E-state index contributed by atoms with van der Waals surface area (Å²) in [6, 6.07) is 0. The Kier molecular flexibility index (Phi) is 43.2. The van der Waals surface area contributed by atoms with E-state index in [2.05, 4.69) is 37.7 Å². The van der Waals surface area contributed by atoms with E-state index < -0.39 is 18.3 Å². The molecule has 6 nitrogen and oxygen atoms in total. The van der Waals surface area contributed by atoms with E-state index in [0.29, 0.717) is 26.2 Å². The van der Waals surface area contributed by atoms with Gasteiger partial charge in [-0.2, -0.15) is 0 Å². The van der Waals surface area contributed by atoms with Crippen LogP contribution in [0.2, 0.25) is 0 Å². The number of rotatable bonds is 46. The molecule has 0 aliphatic carbocycles. The van der Waals surface area contributed by atoms with Crippen molar-refractivity contribution in [1.82, 2.24) is 10.0 Å². The summed E-state index contributed by atoms with van der Waals surface area (Å²) in [5.41, 5.74) is 0. The van der Waals surface area contributed by atoms with Crippen LogP contribution in [0.1, 0.15) is 259 Å². The lowest BCUT2D eigenvalue weighted by Crippen LogP contribution is -2.53. The average Bonchev–Trinajstić information content (AvgIpc) is 3.17. The maximum absolute atomic E-state index is 11.4. The van der Waals surface area contributed by atoms with E-state index in [0.717, 1.165) is 64.2 Å². The quantitative estimate of drug-likeness (QED) is 0.0363. The van der Waals surface area contributed by atoms with Gasteiger partial charge in [-0.1, -0.05) is 233 Å². The molecule has 332 valence electrons. The molecule has 0 saturated heterocycles. The van der Waals surface area contributed by atoms with Gasteiger partial charge in [0.1, 0.15) is 0 Å². The molecular weight excluding hydrogens is 681 g/mol. The topological polar surface area (TPSA) is 87.4 Å². The molecule has 4 atom stereocenters. The van der Waals surface area contributed by atoms with Crippen molar-refractivity contribution in [2.24, 2.45) is 5.92 Å². The molecule has 0 rings (SSSR count). The summed E-state index contributed by atoms with van der Waals surface area (Å²) in [7, 11) is 0. The van der Waals surface area contributed by atoms with E-state index in [1.807, 2.05) is 0 Å². The molecular formula is C49H102N2O4. The van der Waals surface area contributed by atoms with Crippen LogP contribution >= 0.6 is 0 Å². The lowest BCUT2D eigenvalue weighted by atomic mass is 9.99. The summed E-state index contributed by atoms with van der Waals surface area (Å²) in [4.78, 5) is 0. The van der Waals surface area contributed by atoms with Crippen LogP contribution in [0, 0.1) is 5.92 Å². The lowest BCUT2D eigenvalue weighted by Gasteiger charge is -2.40. The van der Waals surface area contributed by atoms with Crippen molar-refractivity contribution in [3.05, 3.63) is 0 Å². The van der Waals surface area contributed by atoms with E-state index in [1.54, 1.807) is 0 Å². The van der Waals surface area contributed by atoms with Gasteiger partial charge in [0.25, 0.3) is 0 Å². The molecule has 0 aliphatic rings. The number of hydrogen-bond acceptors (Lipinski definition) is 6. The molecule has 0 aliphatic heterocycles. The summed E-state index contributed by atoms with van der Waals surface area (Å²) in [5, 5.41) is 49.3. The van der Waals surface area contributed by atoms with Crippen LogP contribution in [0.5, 0.6) is 0 Å². The lowest BCUT2D eigenvalue weighted by molar-refractivity contribution is -0.106. The molecule has 0 fully saturated rings.